The quantitative estimate of drug-likeness (QED) is 0.627. The van der Waals surface area contributed by atoms with E-state index < -0.39 is 0 Å². The Morgan fingerprint density at radius 3 is 2.90 bits per heavy atom. The van der Waals surface area contributed by atoms with E-state index in [-0.39, 0.29) is 5.91 Å². The van der Waals surface area contributed by atoms with Crippen LogP contribution in [-0.4, -0.2) is 34.7 Å². The van der Waals surface area contributed by atoms with Gasteiger partial charge in [-0.25, -0.2) is 4.98 Å². The molecule has 1 heterocycles. The zero-order valence-electron chi connectivity index (χ0n) is 11.5. The highest BCUT2D eigenvalue weighted by molar-refractivity contribution is 8.01. The molecular formula is C14H15N3O2S2. The maximum Gasteiger partial charge on any atom is 0.230 e. The molecule has 1 aromatic heterocycles. The Labute approximate surface area is 131 Å². The minimum Gasteiger partial charge on any atom is -0.497 e. The Morgan fingerprint density at radius 1 is 1.48 bits per heavy atom. The van der Waals surface area contributed by atoms with Crippen molar-refractivity contribution in [2.75, 3.05) is 19.4 Å². The van der Waals surface area contributed by atoms with Crippen LogP contribution in [0.4, 0.5) is 0 Å². The number of carbonyl (C=O) groups is 1. The molecule has 0 saturated heterocycles. The molecule has 0 bridgehead atoms. The number of methoxy groups -OCH3 is 1. The van der Waals surface area contributed by atoms with E-state index in [0.717, 1.165) is 15.7 Å². The molecule has 0 atom stereocenters. The van der Waals surface area contributed by atoms with Gasteiger partial charge >= 0.3 is 0 Å². The Morgan fingerprint density at radius 2 is 2.24 bits per heavy atom. The van der Waals surface area contributed by atoms with E-state index in [1.807, 2.05) is 24.3 Å². The van der Waals surface area contributed by atoms with Crippen molar-refractivity contribution < 1.29 is 9.53 Å². The molecular weight excluding hydrogens is 306 g/mol. The first-order valence-corrected chi connectivity index (χ1v) is 7.97. The van der Waals surface area contributed by atoms with Gasteiger partial charge in [0.2, 0.25) is 5.91 Å². The van der Waals surface area contributed by atoms with Crippen LogP contribution in [0.2, 0.25) is 0 Å². The standard InChI is InChI=1S/C14H15N3O2S2/c1-3-8-15-12(18)9-20-14-16-13(17-21-14)10-4-6-11(19-2)7-5-10/h3-7H,1,8-9H2,2H3,(H,15,18). The average Bonchev–Trinajstić information content (AvgIpc) is 3.00. The topological polar surface area (TPSA) is 64.1 Å². The van der Waals surface area contributed by atoms with Crippen LogP contribution in [0.25, 0.3) is 11.4 Å². The maximum atomic E-state index is 11.5. The molecule has 0 aliphatic carbocycles. The van der Waals surface area contributed by atoms with E-state index in [1.165, 1.54) is 23.3 Å². The predicted molar refractivity (Wildman–Crippen MR) is 85.8 cm³/mol. The Hall–Kier alpha value is -1.86. The first-order valence-electron chi connectivity index (χ1n) is 6.21. The molecule has 0 saturated carbocycles. The van der Waals surface area contributed by atoms with Crippen molar-refractivity contribution in [1.82, 2.24) is 14.7 Å². The lowest BCUT2D eigenvalue weighted by Gasteiger charge is -2.00. The van der Waals surface area contributed by atoms with Gasteiger partial charge < -0.3 is 10.1 Å². The van der Waals surface area contributed by atoms with Crippen LogP contribution in [0.5, 0.6) is 5.75 Å². The SMILES string of the molecule is C=CCNC(=O)CSc1nc(-c2ccc(OC)cc2)ns1. The van der Waals surface area contributed by atoms with E-state index in [1.54, 1.807) is 13.2 Å². The number of aromatic nitrogens is 2. The predicted octanol–water partition coefficient (Wildman–Crippen LogP) is 2.61. The highest BCUT2D eigenvalue weighted by Crippen LogP contribution is 2.26. The number of nitrogens with zero attached hydrogens (tertiary/aromatic N) is 2. The fourth-order valence-corrected chi connectivity index (χ4v) is 2.94. The molecule has 2 rings (SSSR count). The van der Waals surface area contributed by atoms with Gasteiger partial charge in [-0.1, -0.05) is 17.8 Å². The van der Waals surface area contributed by atoms with Crippen molar-refractivity contribution in [1.29, 1.82) is 0 Å². The van der Waals surface area contributed by atoms with Crippen LogP contribution in [0, 0.1) is 0 Å². The van der Waals surface area contributed by atoms with Crippen LogP contribution < -0.4 is 10.1 Å². The second-order valence-electron chi connectivity index (χ2n) is 3.99. The lowest BCUT2D eigenvalue weighted by atomic mass is 10.2. The maximum absolute atomic E-state index is 11.5. The molecule has 1 amide bonds. The largest absolute Gasteiger partial charge is 0.497 e. The molecule has 0 unspecified atom stereocenters. The first kappa shape index (κ1) is 15.5. The number of rotatable bonds is 7. The van der Waals surface area contributed by atoms with Gasteiger partial charge in [-0.2, -0.15) is 4.37 Å². The van der Waals surface area contributed by atoms with Crippen molar-refractivity contribution in [3.63, 3.8) is 0 Å². The normalized spacial score (nSPS) is 10.1. The summed E-state index contributed by atoms with van der Waals surface area (Å²) in [6.45, 7) is 4.03. The van der Waals surface area contributed by atoms with Crippen LogP contribution in [0.15, 0.2) is 41.3 Å². The van der Waals surface area contributed by atoms with Gasteiger partial charge in [-0.15, -0.1) is 6.58 Å². The van der Waals surface area contributed by atoms with Gasteiger partial charge in [-0.05, 0) is 35.8 Å². The zero-order chi connectivity index (χ0) is 15.1. The smallest absolute Gasteiger partial charge is 0.230 e. The van der Waals surface area contributed by atoms with Crippen molar-refractivity contribution in [2.45, 2.75) is 4.34 Å². The molecule has 0 aliphatic rings. The second-order valence-corrected chi connectivity index (χ2v) is 5.97. The summed E-state index contributed by atoms with van der Waals surface area (Å²) in [6, 6.07) is 7.55. The third-order valence-electron chi connectivity index (χ3n) is 2.53. The minimum absolute atomic E-state index is 0.0407. The number of amides is 1. The van der Waals surface area contributed by atoms with Crippen LogP contribution in [-0.2, 0) is 4.79 Å². The molecule has 7 heteroatoms. The molecule has 2 aromatic rings. The van der Waals surface area contributed by atoms with Gasteiger partial charge in [0.25, 0.3) is 0 Å². The number of ether oxygens (including phenoxy) is 1. The lowest BCUT2D eigenvalue weighted by Crippen LogP contribution is -2.24. The average molecular weight is 321 g/mol. The Bertz CT molecular complexity index is 611. The van der Waals surface area contributed by atoms with E-state index >= 15 is 0 Å². The fourth-order valence-electron chi connectivity index (χ4n) is 1.49. The molecule has 0 radical (unpaired) electrons. The lowest BCUT2D eigenvalue weighted by molar-refractivity contribution is -0.118. The van der Waals surface area contributed by atoms with Gasteiger partial charge in [0.15, 0.2) is 10.2 Å². The minimum atomic E-state index is -0.0407. The van der Waals surface area contributed by atoms with E-state index in [0.29, 0.717) is 18.1 Å². The van der Waals surface area contributed by atoms with Crippen LogP contribution in [0.1, 0.15) is 0 Å². The molecule has 1 N–H and O–H groups in total. The summed E-state index contributed by atoms with van der Waals surface area (Å²) >= 11 is 2.67. The van der Waals surface area contributed by atoms with Crippen molar-refractivity contribution >= 4 is 29.2 Å². The highest BCUT2D eigenvalue weighted by atomic mass is 32.2. The Balaban J connectivity index is 1.94. The van der Waals surface area contributed by atoms with Crippen LogP contribution >= 0.6 is 23.3 Å². The number of thioether (sulfide) groups is 1. The van der Waals surface area contributed by atoms with E-state index in [9.17, 15) is 4.79 Å². The summed E-state index contributed by atoms with van der Waals surface area (Å²) in [5, 5.41) is 2.72. The summed E-state index contributed by atoms with van der Waals surface area (Å²) < 4.78 is 10.2. The number of carbonyl (C=O) groups excluding carboxylic acids is 1. The summed E-state index contributed by atoms with van der Waals surface area (Å²) in [7, 11) is 1.63. The van der Waals surface area contributed by atoms with E-state index in [4.69, 9.17) is 4.74 Å². The number of benzene rings is 1. The summed E-state index contributed by atoms with van der Waals surface area (Å²) in [6.07, 6.45) is 1.65. The van der Waals surface area contributed by atoms with Gasteiger partial charge in [-0.3, -0.25) is 4.79 Å². The second kappa shape index (κ2) is 7.80. The molecule has 0 aliphatic heterocycles. The fraction of sp³-hybridized carbons (Fsp3) is 0.214. The van der Waals surface area contributed by atoms with E-state index in [2.05, 4.69) is 21.3 Å². The first-order chi connectivity index (χ1) is 10.2. The summed E-state index contributed by atoms with van der Waals surface area (Å²) in [4.78, 5) is 15.9. The van der Waals surface area contributed by atoms with Crippen molar-refractivity contribution in [3.8, 4) is 17.1 Å². The molecule has 1 aromatic carbocycles. The van der Waals surface area contributed by atoms with Crippen molar-refractivity contribution in [2.24, 2.45) is 0 Å². The summed E-state index contributed by atoms with van der Waals surface area (Å²) in [5.74, 6) is 1.74. The van der Waals surface area contributed by atoms with Gasteiger partial charge in [0.1, 0.15) is 5.75 Å². The third-order valence-corrected chi connectivity index (χ3v) is 4.36. The van der Waals surface area contributed by atoms with Gasteiger partial charge in [0.05, 0.1) is 12.9 Å². The molecule has 21 heavy (non-hydrogen) atoms. The number of nitrogens with one attached hydrogen (secondary N) is 1. The monoisotopic (exact) mass is 321 g/mol. The molecule has 0 spiro atoms. The van der Waals surface area contributed by atoms with Crippen molar-refractivity contribution in [3.05, 3.63) is 36.9 Å². The van der Waals surface area contributed by atoms with Gasteiger partial charge in [0, 0.05) is 12.1 Å². The summed E-state index contributed by atoms with van der Waals surface area (Å²) in [5.41, 5.74) is 0.926. The Kier molecular flexibility index (Phi) is 5.77. The zero-order valence-corrected chi connectivity index (χ0v) is 13.2. The van der Waals surface area contributed by atoms with Crippen LogP contribution in [0.3, 0.4) is 0 Å². The number of hydrogen-bond acceptors (Lipinski definition) is 6. The third kappa shape index (κ3) is 4.57. The number of hydrogen-bond donors (Lipinski definition) is 1. The molecule has 0 fully saturated rings. The molecule has 5 nitrogen and oxygen atoms in total. The molecule has 110 valence electrons. The highest BCUT2D eigenvalue weighted by Gasteiger charge is 2.09.